The molecule has 0 N–H and O–H groups in total. The van der Waals surface area contributed by atoms with Crippen molar-refractivity contribution < 1.29 is 36.2 Å². The first kappa shape index (κ1) is 24.0. The molecule has 33 heavy (non-hydrogen) atoms. The van der Waals surface area contributed by atoms with Crippen LogP contribution in [0.2, 0.25) is 0 Å². The number of alkyl halides is 5. The van der Waals surface area contributed by atoms with E-state index in [1.165, 1.54) is 48.1 Å². The number of carbonyl (C=O) groups excluding carboxylic acids is 1. The smallest absolute Gasteiger partial charge is 0.417 e. The van der Waals surface area contributed by atoms with E-state index in [-0.39, 0.29) is 29.4 Å². The van der Waals surface area contributed by atoms with Crippen molar-refractivity contribution in [3.63, 3.8) is 0 Å². The molecule has 0 fully saturated rings. The minimum Gasteiger partial charge on any atom is -0.493 e. The first-order chi connectivity index (χ1) is 15.5. The van der Waals surface area contributed by atoms with Crippen LogP contribution in [0.15, 0.2) is 42.7 Å². The lowest BCUT2D eigenvalue weighted by molar-refractivity contribution is -0.137. The van der Waals surface area contributed by atoms with E-state index in [0.717, 1.165) is 12.1 Å². The van der Waals surface area contributed by atoms with E-state index in [4.69, 9.17) is 4.74 Å². The van der Waals surface area contributed by atoms with Crippen molar-refractivity contribution in [1.29, 1.82) is 0 Å². The van der Waals surface area contributed by atoms with E-state index in [1.54, 1.807) is 6.92 Å². The highest BCUT2D eigenvalue weighted by Crippen LogP contribution is 2.30. The standard InChI is InChI=1S/C21H19F5N4O3/c1-12-15(10-28-30(12)18-7-5-14(9-27-18)21(24,25)26)19(31)29(2)11-13-4-6-16(33-20(22)23)17(8-13)32-3/h4-10,20H,11H2,1-3H3. The lowest BCUT2D eigenvalue weighted by Crippen LogP contribution is -2.26. The maximum absolute atomic E-state index is 12.9. The molecule has 0 radical (unpaired) electrons. The maximum atomic E-state index is 12.9. The van der Waals surface area contributed by atoms with Crippen LogP contribution in [0.5, 0.6) is 11.5 Å². The van der Waals surface area contributed by atoms with Crippen molar-refractivity contribution in [2.45, 2.75) is 26.3 Å². The minimum absolute atomic E-state index is 0.0889. The maximum Gasteiger partial charge on any atom is 0.417 e. The second-order valence-corrected chi connectivity index (χ2v) is 6.98. The molecule has 0 saturated carbocycles. The van der Waals surface area contributed by atoms with Crippen molar-refractivity contribution in [2.75, 3.05) is 14.2 Å². The van der Waals surface area contributed by atoms with Crippen molar-refractivity contribution in [1.82, 2.24) is 19.7 Å². The monoisotopic (exact) mass is 470 g/mol. The molecule has 2 heterocycles. The highest BCUT2D eigenvalue weighted by atomic mass is 19.4. The largest absolute Gasteiger partial charge is 0.493 e. The number of halogens is 5. The summed E-state index contributed by atoms with van der Waals surface area (Å²) in [7, 11) is 2.84. The van der Waals surface area contributed by atoms with Crippen LogP contribution in [0, 0.1) is 6.92 Å². The summed E-state index contributed by atoms with van der Waals surface area (Å²) in [5.74, 6) is -0.323. The predicted octanol–water partition coefficient (Wildman–Crippen LogP) is 4.48. The van der Waals surface area contributed by atoms with Gasteiger partial charge in [-0.3, -0.25) is 4.79 Å². The van der Waals surface area contributed by atoms with Crippen molar-refractivity contribution in [3.8, 4) is 17.3 Å². The van der Waals surface area contributed by atoms with E-state index < -0.39 is 24.3 Å². The number of hydrogen-bond acceptors (Lipinski definition) is 5. The van der Waals surface area contributed by atoms with Crippen LogP contribution < -0.4 is 9.47 Å². The van der Waals surface area contributed by atoms with E-state index in [0.29, 0.717) is 17.5 Å². The molecule has 0 spiro atoms. The number of pyridine rings is 1. The van der Waals surface area contributed by atoms with E-state index in [1.807, 2.05) is 0 Å². The summed E-state index contributed by atoms with van der Waals surface area (Å²) in [6.07, 6.45) is -2.52. The zero-order valence-corrected chi connectivity index (χ0v) is 17.7. The zero-order chi connectivity index (χ0) is 24.3. The fraction of sp³-hybridized carbons (Fsp3) is 0.286. The van der Waals surface area contributed by atoms with Crippen LogP contribution in [-0.4, -0.2) is 46.3 Å². The van der Waals surface area contributed by atoms with Gasteiger partial charge < -0.3 is 14.4 Å². The Hall–Kier alpha value is -3.70. The molecule has 7 nitrogen and oxygen atoms in total. The molecule has 176 valence electrons. The Morgan fingerprint density at radius 3 is 2.45 bits per heavy atom. The fourth-order valence-corrected chi connectivity index (χ4v) is 3.08. The quantitative estimate of drug-likeness (QED) is 0.477. The molecule has 0 atom stereocenters. The number of amides is 1. The summed E-state index contributed by atoms with van der Waals surface area (Å²) in [6.45, 7) is -1.30. The van der Waals surface area contributed by atoms with Gasteiger partial charge in [-0.05, 0) is 36.8 Å². The van der Waals surface area contributed by atoms with Crippen LogP contribution in [-0.2, 0) is 12.7 Å². The van der Waals surface area contributed by atoms with Crippen molar-refractivity contribution >= 4 is 5.91 Å². The molecule has 3 aromatic rings. The fourth-order valence-electron chi connectivity index (χ4n) is 3.08. The number of benzene rings is 1. The Balaban J connectivity index is 1.77. The summed E-state index contributed by atoms with van der Waals surface area (Å²) >= 11 is 0. The summed E-state index contributed by atoms with van der Waals surface area (Å²) in [4.78, 5) is 18.1. The molecule has 0 saturated heterocycles. The summed E-state index contributed by atoms with van der Waals surface area (Å²) < 4.78 is 73.9. The summed E-state index contributed by atoms with van der Waals surface area (Å²) in [5.41, 5.74) is 0.312. The van der Waals surface area contributed by atoms with Gasteiger partial charge in [0.15, 0.2) is 17.3 Å². The SMILES string of the molecule is COc1cc(CN(C)C(=O)c2cnn(-c3ccc(C(F)(F)F)cn3)c2C)ccc1OC(F)F. The van der Waals surface area contributed by atoms with Crippen LogP contribution in [0.3, 0.4) is 0 Å². The lowest BCUT2D eigenvalue weighted by Gasteiger charge is -2.18. The van der Waals surface area contributed by atoms with Gasteiger partial charge in [0, 0.05) is 19.8 Å². The Labute approximate surface area is 185 Å². The van der Waals surface area contributed by atoms with E-state index in [9.17, 15) is 26.7 Å². The van der Waals surface area contributed by atoms with E-state index in [2.05, 4.69) is 14.8 Å². The van der Waals surface area contributed by atoms with Crippen LogP contribution in [0.25, 0.3) is 5.82 Å². The van der Waals surface area contributed by atoms with Crippen LogP contribution in [0.1, 0.15) is 27.2 Å². The zero-order valence-electron chi connectivity index (χ0n) is 17.7. The molecular formula is C21H19F5N4O3. The van der Waals surface area contributed by atoms with Gasteiger partial charge >= 0.3 is 12.8 Å². The Morgan fingerprint density at radius 2 is 1.88 bits per heavy atom. The van der Waals surface area contributed by atoms with Gasteiger partial charge in [-0.2, -0.15) is 27.1 Å². The van der Waals surface area contributed by atoms with Gasteiger partial charge in [-0.25, -0.2) is 9.67 Å². The first-order valence-electron chi connectivity index (χ1n) is 9.46. The number of methoxy groups -OCH3 is 1. The molecule has 3 rings (SSSR count). The Kier molecular flexibility index (Phi) is 6.84. The molecule has 0 bridgehead atoms. The average molecular weight is 470 g/mol. The highest BCUT2D eigenvalue weighted by Gasteiger charge is 2.31. The summed E-state index contributed by atoms with van der Waals surface area (Å²) in [5, 5.41) is 4.07. The summed E-state index contributed by atoms with van der Waals surface area (Å²) in [6, 6.07) is 6.36. The molecular weight excluding hydrogens is 451 g/mol. The van der Waals surface area contributed by atoms with Gasteiger partial charge in [0.1, 0.15) is 0 Å². The van der Waals surface area contributed by atoms with Gasteiger partial charge in [-0.15, -0.1) is 0 Å². The third-order valence-corrected chi connectivity index (χ3v) is 4.74. The normalized spacial score (nSPS) is 11.5. The molecule has 0 aliphatic rings. The number of aromatic nitrogens is 3. The number of nitrogens with zero attached hydrogens (tertiary/aromatic N) is 4. The molecule has 12 heteroatoms. The second-order valence-electron chi connectivity index (χ2n) is 6.98. The molecule has 0 aliphatic carbocycles. The second kappa shape index (κ2) is 9.43. The number of carbonyl (C=O) groups is 1. The van der Waals surface area contributed by atoms with Gasteiger partial charge in [0.05, 0.1) is 30.1 Å². The van der Waals surface area contributed by atoms with E-state index >= 15 is 0 Å². The van der Waals surface area contributed by atoms with Gasteiger partial charge in [-0.1, -0.05) is 6.07 Å². The molecule has 0 unspecified atom stereocenters. The Bertz CT molecular complexity index is 1130. The number of hydrogen-bond donors (Lipinski definition) is 0. The average Bonchev–Trinajstić information content (AvgIpc) is 3.14. The van der Waals surface area contributed by atoms with Gasteiger partial charge in [0.2, 0.25) is 0 Å². The topological polar surface area (TPSA) is 69.5 Å². The number of ether oxygens (including phenoxy) is 2. The van der Waals surface area contributed by atoms with Crippen LogP contribution in [0.4, 0.5) is 22.0 Å². The Morgan fingerprint density at radius 1 is 1.15 bits per heavy atom. The molecule has 0 aliphatic heterocycles. The first-order valence-corrected chi connectivity index (χ1v) is 9.46. The predicted molar refractivity (Wildman–Crippen MR) is 107 cm³/mol. The third-order valence-electron chi connectivity index (χ3n) is 4.74. The number of rotatable bonds is 7. The minimum atomic E-state index is -4.51. The highest BCUT2D eigenvalue weighted by molar-refractivity contribution is 5.95. The molecule has 1 amide bonds. The van der Waals surface area contributed by atoms with Crippen LogP contribution >= 0.6 is 0 Å². The van der Waals surface area contributed by atoms with Crippen molar-refractivity contribution in [2.24, 2.45) is 0 Å². The molecule has 1 aromatic carbocycles. The lowest BCUT2D eigenvalue weighted by atomic mass is 10.1. The molecule has 2 aromatic heterocycles. The van der Waals surface area contributed by atoms with Gasteiger partial charge in [0.25, 0.3) is 5.91 Å². The van der Waals surface area contributed by atoms with Crippen molar-refractivity contribution in [3.05, 3.63) is 65.1 Å². The third kappa shape index (κ3) is 5.38.